The maximum absolute atomic E-state index is 4.78. The fourth-order valence-electron chi connectivity index (χ4n) is 2.91. The monoisotopic (exact) mass is 273 g/mol. The lowest BCUT2D eigenvalue weighted by Gasteiger charge is -2.10. The van der Waals surface area contributed by atoms with Gasteiger partial charge in [-0.3, -0.25) is 0 Å². The zero-order valence-corrected chi connectivity index (χ0v) is 12.5. The molecule has 0 spiro atoms. The van der Waals surface area contributed by atoms with Gasteiger partial charge < -0.3 is 15.5 Å². The molecule has 0 saturated heterocycles. The first-order valence-corrected chi connectivity index (χ1v) is 7.30. The summed E-state index contributed by atoms with van der Waals surface area (Å²) in [5, 5.41) is 11.5. The van der Waals surface area contributed by atoms with Gasteiger partial charge in [0.05, 0.1) is 5.52 Å². The molecular weight excluding hydrogens is 250 g/mol. The van der Waals surface area contributed by atoms with E-state index in [0.717, 1.165) is 31.0 Å². The Bertz CT molecular complexity index is 614. The second-order valence-corrected chi connectivity index (χ2v) is 5.66. The molecule has 5 nitrogen and oxygen atoms in total. The van der Waals surface area contributed by atoms with Crippen LogP contribution in [0.4, 0.5) is 11.5 Å². The van der Waals surface area contributed by atoms with Crippen LogP contribution in [0.1, 0.15) is 17.7 Å². The number of hydrogen-bond acceptors (Lipinski definition) is 4. The van der Waals surface area contributed by atoms with E-state index in [0.29, 0.717) is 0 Å². The molecule has 0 atom stereocenters. The predicted molar refractivity (Wildman–Crippen MR) is 83.8 cm³/mol. The number of hydrogen-bond donors (Lipinski definition) is 2. The third-order valence-corrected chi connectivity index (χ3v) is 3.95. The van der Waals surface area contributed by atoms with Gasteiger partial charge in [-0.1, -0.05) is 6.07 Å². The summed E-state index contributed by atoms with van der Waals surface area (Å²) < 4.78 is 2.12. The van der Waals surface area contributed by atoms with Crippen molar-refractivity contribution in [2.24, 2.45) is 0 Å². The normalized spacial score (nSPS) is 14.0. The van der Waals surface area contributed by atoms with Gasteiger partial charge in [0.25, 0.3) is 0 Å². The van der Waals surface area contributed by atoms with Gasteiger partial charge >= 0.3 is 0 Å². The lowest BCUT2D eigenvalue weighted by atomic mass is 10.2. The molecule has 0 radical (unpaired) electrons. The fourth-order valence-corrected chi connectivity index (χ4v) is 2.91. The second kappa shape index (κ2) is 5.32. The molecule has 1 aliphatic rings. The molecule has 0 fully saturated rings. The second-order valence-electron chi connectivity index (χ2n) is 5.66. The van der Waals surface area contributed by atoms with Crippen molar-refractivity contribution in [2.45, 2.75) is 19.3 Å². The fraction of sp³-hybridized carbons (Fsp3) is 0.533. The van der Waals surface area contributed by atoms with Gasteiger partial charge in [-0.25, -0.2) is 4.52 Å². The Labute approximate surface area is 120 Å². The number of aromatic nitrogens is 2. The number of pyridine rings is 1. The number of anilines is 2. The van der Waals surface area contributed by atoms with Gasteiger partial charge in [0.15, 0.2) is 5.82 Å². The van der Waals surface area contributed by atoms with Crippen LogP contribution in [-0.2, 0) is 12.8 Å². The van der Waals surface area contributed by atoms with Gasteiger partial charge in [0.2, 0.25) is 0 Å². The third-order valence-electron chi connectivity index (χ3n) is 3.95. The maximum atomic E-state index is 4.78. The Hall–Kier alpha value is -1.75. The molecule has 5 heteroatoms. The SMILES string of the molecule is CNc1c(NCCN(C)C)nn2c3c(ccc12)CCC3. The number of rotatable bonds is 5. The zero-order valence-electron chi connectivity index (χ0n) is 12.5. The third kappa shape index (κ3) is 2.22. The number of fused-ring (bicyclic) bond motifs is 3. The molecule has 3 rings (SSSR count). The summed E-state index contributed by atoms with van der Waals surface area (Å²) in [6, 6.07) is 4.43. The molecular formula is C15H23N5. The van der Waals surface area contributed by atoms with Crippen molar-refractivity contribution in [1.29, 1.82) is 0 Å². The number of nitrogens with one attached hydrogen (secondary N) is 2. The van der Waals surface area contributed by atoms with E-state index in [1.807, 2.05) is 7.05 Å². The smallest absolute Gasteiger partial charge is 0.172 e. The van der Waals surface area contributed by atoms with E-state index in [1.54, 1.807) is 0 Å². The van der Waals surface area contributed by atoms with Crippen molar-refractivity contribution in [1.82, 2.24) is 14.5 Å². The minimum absolute atomic E-state index is 0.897. The number of nitrogens with zero attached hydrogens (tertiary/aromatic N) is 3. The number of aryl methyl sites for hydroxylation is 2. The van der Waals surface area contributed by atoms with E-state index >= 15 is 0 Å². The van der Waals surface area contributed by atoms with E-state index < -0.39 is 0 Å². The zero-order chi connectivity index (χ0) is 14.1. The van der Waals surface area contributed by atoms with Crippen LogP contribution in [0.25, 0.3) is 5.52 Å². The molecule has 20 heavy (non-hydrogen) atoms. The Morgan fingerprint density at radius 3 is 2.90 bits per heavy atom. The summed E-state index contributed by atoms with van der Waals surface area (Å²) in [5.41, 5.74) is 5.08. The van der Waals surface area contributed by atoms with Crippen LogP contribution in [-0.4, -0.2) is 48.7 Å². The molecule has 0 bridgehead atoms. The summed E-state index contributed by atoms with van der Waals surface area (Å²) in [6.45, 7) is 1.89. The molecule has 0 aliphatic heterocycles. The highest BCUT2D eigenvalue weighted by atomic mass is 15.3. The molecule has 0 amide bonds. The predicted octanol–water partition coefficient (Wildman–Crippen LogP) is 1.84. The van der Waals surface area contributed by atoms with Crippen molar-refractivity contribution in [3.8, 4) is 0 Å². The molecule has 2 N–H and O–H groups in total. The molecule has 0 unspecified atom stereocenters. The largest absolute Gasteiger partial charge is 0.383 e. The quantitative estimate of drug-likeness (QED) is 0.872. The van der Waals surface area contributed by atoms with E-state index in [-0.39, 0.29) is 0 Å². The summed E-state index contributed by atoms with van der Waals surface area (Å²) in [4.78, 5) is 2.17. The first-order chi connectivity index (χ1) is 9.70. The summed E-state index contributed by atoms with van der Waals surface area (Å²) in [5.74, 6) is 0.953. The maximum Gasteiger partial charge on any atom is 0.172 e. The van der Waals surface area contributed by atoms with Crippen molar-refractivity contribution in [3.63, 3.8) is 0 Å². The topological polar surface area (TPSA) is 44.6 Å². The van der Waals surface area contributed by atoms with Crippen LogP contribution >= 0.6 is 0 Å². The van der Waals surface area contributed by atoms with Gasteiger partial charge in [-0.15, -0.1) is 5.10 Å². The first-order valence-electron chi connectivity index (χ1n) is 7.30. The summed E-state index contributed by atoms with van der Waals surface area (Å²) in [6.07, 6.45) is 3.56. The molecule has 2 heterocycles. The van der Waals surface area contributed by atoms with Gasteiger partial charge in [0, 0.05) is 25.8 Å². The van der Waals surface area contributed by atoms with E-state index in [1.165, 1.54) is 29.6 Å². The molecule has 0 saturated carbocycles. The lowest BCUT2D eigenvalue weighted by Crippen LogP contribution is -2.21. The van der Waals surface area contributed by atoms with Crippen molar-refractivity contribution in [2.75, 3.05) is 44.9 Å². The molecule has 2 aromatic heterocycles. The van der Waals surface area contributed by atoms with Crippen LogP contribution in [0.15, 0.2) is 12.1 Å². The molecule has 2 aromatic rings. The van der Waals surface area contributed by atoms with Crippen molar-refractivity contribution in [3.05, 3.63) is 23.4 Å². The van der Waals surface area contributed by atoms with Crippen LogP contribution in [0.3, 0.4) is 0 Å². The summed E-state index contributed by atoms with van der Waals surface area (Å²) in [7, 11) is 6.12. The molecule has 0 aromatic carbocycles. The minimum Gasteiger partial charge on any atom is -0.383 e. The Kier molecular flexibility index (Phi) is 3.53. The highest BCUT2D eigenvalue weighted by molar-refractivity contribution is 5.83. The Balaban J connectivity index is 1.96. The van der Waals surface area contributed by atoms with Crippen molar-refractivity contribution < 1.29 is 0 Å². The minimum atomic E-state index is 0.897. The van der Waals surface area contributed by atoms with E-state index in [4.69, 9.17) is 5.10 Å². The van der Waals surface area contributed by atoms with Gasteiger partial charge in [0.1, 0.15) is 5.69 Å². The van der Waals surface area contributed by atoms with E-state index in [9.17, 15) is 0 Å². The average molecular weight is 273 g/mol. The van der Waals surface area contributed by atoms with E-state index in [2.05, 4.69) is 46.3 Å². The Morgan fingerprint density at radius 1 is 1.30 bits per heavy atom. The van der Waals surface area contributed by atoms with Crippen LogP contribution in [0.2, 0.25) is 0 Å². The Morgan fingerprint density at radius 2 is 2.15 bits per heavy atom. The summed E-state index contributed by atoms with van der Waals surface area (Å²) >= 11 is 0. The molecule has 108 valence electrons. The molecule has 1 aliphatic carbocycles. The van der Waals surface area contributed by atoms with Gasteiger partial charge in [-0.05, 0) is 45.0 Å². The van der Waals surface area contributed by atoms with Crippen LogP contribution in [0.5, 0.6) is 0 Å². The highest BCUT2D eigenvalue weighted by Gasteiger charge is 2.19. The lowest BCUT2D eigenvalue weighted by molar-refractivity contribution is 0.425. The van der Waals surface area contributed by atoms with Crippen LogP contribution in [0, 0.1) is 0 Å². The first kappa shape index (κ1) is 13.2. The highest BCUT2D eigenvalue weighted by Crippen LogP contribution is 2.31. The van der Waals surface area contributed by atoms with Crippen molar-refractivity contribution >= 4 is 17.0 Å². The number of likely N-dealkylation sites (N-methyl/N-ethyl adjacent to an activating group) is 1. The van der Waals surface area contributed by atoms with Gasteiger partial charge in [-0.2, -0.15) is 0 Å². The standard InChI is InChI=1S/C15H23N5/c1-16-14-13-8-7-11-5-4-6-12(11)20(13)18-15(14)17-9-10-19(2)3/h7-8,16H,4-6,9-10H2,1-3H3,(H,17,18). The average Bonchev–Trinajstić information content (AvgIpc) is 3.00. The van der Waals surface area contributed by atoms with Crippen LogP contribution < -0.4 is 10.6 Å².